The standard InChI is InChI=1S/C19H26FN3O2/c20-17-13-15(4-5-18(17)22-9-11-25-12-10-22)19(24)23-8-2-7-21-6-1-3-16(21)14-23/h4-5,13,16H,1-3,6-12,14H2/t16-/m0/s1. The number of carbonyl (C=O) groups is 1. The number of carbonyl (C=O) groups excluding carboxylic acids is 1. The number of amides is 1. The zero-order valence-corrected chi connectivity index (χ0v) is 14.6. The van der Waals surface area contributed by atoms with Crippen LogP contribution in [0.15, 0.2) is 18.2 Å². The number of hydrogen-bond acceptors (Lipinski definition) is 4. The van der Waals surface area contributed by atoms with Gasteiger partial charge in [-0.25, -0.2) is 4.39 Å². The highest BCUT2D eigenvalue weighted by molar-refractivity contribution is 5.94. The predicted molar refractivity (Wildman–Crippen MR) is 94.5 cm³/mol. The number of hydrogen-bond donors (Lipinski definition) is 0. The molecule has 3 heterocycles. The Labute approximate surface area is 148 Å². The number of morpholine rings is 1. The first-order chi connectivity index (χ1) is 12.2. The molecule has 0 aromatic heterocycles. The van der Waals surface area contributed by atoms with Gasteiger partial charge in [0, 0.05) is 44.3 Å². The van der Waals surface area contributed by atoms with Gasteiger partial charge in [-0.15, -0.1) is 0 Å². The van der Waals surface area contributed by atoms with Gasteiger partial charge in [-0.2, -0.15) is 0 Å². The highest BCUT2D eigenvalue weighted by atomic mass is 19.1. The molecule has 0 unspecified atom stereocenters. The molecule has 5 nitrogen and oxygen atoms in total. The first-order valence-electron chi connectivity index (χ1n) is 9.38. The molecule has 1 amide bonds. The predicted octanol–water partition coefficient (Wildman–Crippen LogP) is 1.97. The summed E-state index contributed by atoms with van der Waals surface area (Å²) in [6.07, 6.45) is 3.38. The number of rotatable bonds is 2. The zero-order chi connectivity index (χ0) is 17.2. The molecule has 25 heavy (non-hydrogen) atoms. The van der Waals surface area contributed by atoms with Crippen LogP contribution in [-0.4, -0.2) is 74.2 Å². The third-order valence-electron chi connectivity index (χ3n) is 5.64. The van der Waals surface area contributed by atoms with Crippen LogP contribution in [0.2, 0.25) is 0 Å². The Bertz CT molecular complexity index is 633. The second-order valence-corrected chi connectivity index (χ2v) is 7.20. The Kier molecular flexibility index (Phi) is 4.90. The summed E-state index contributed by atoms with van der Waals surface area (Å²) >= 11 is 0. The molecule has 0 radical (unpaired) electrons. The van der Waals surface area contributed by atoms with Crippen molar-refractivity contribution in [3.63, 3.8) is 0 Å². The van der Waals surface area contributed by atoms with Crippen LogP contribution < -0.4 is 4.90 Å². The molecule has 3 aliphatic heterocycles. The quantitative estimate of drug-likeness (QED) is 0.820. The molecule has 0 aliphatic carbocycles. The van der Waals surface area contributed by atoms with Crippen LogP contribution >= 0.6 is 0 Å². The van der Waals surface area contributed by atoms with Crippen LogP contribution in [0.3, 0.4) is 0 Å². The van der Waals surface area contributed by atoms with Crippen molar-refractivity contribution < 1.29 is 13.9 Å². The largest absolute Gasteiger partial charge is 0.378 e. The minimum Gasteiger partial charge on any atom is -0.378 e. The molecule has 3 fully saturated rings. The van der Waals surface area contributed by atoms with Crippen LogP contribution in [0.5, 0.6) is 0 Å². The molecular formula is C19H26FN3O2. The Hall–Kier alpha value is -1.66. The number of ether oxygens (including phenoxy) is 1. The molecule has 1 atom stereocenters. The van der Waals surface area contributed by atoms with E-state index in [-0.39, 0.29) is 11.7 Å². The van der Waals surface area contributed by atoms with Gasteiger partial charge in [-0.3, -0.25) is 9.69 Å². The molecule has 4 rings (SSSR count). The van der Waals surface area contributed by atoms with Gasteiger partial charge in [0.2, 0.25) is 0 Å². The topological polar surface area (TPSA) is 36.0 Å². The van der Waals surface area contributed by atoms with E-state index in [1.807, 2.05) is 9.80 Å². The van der Waals surface area contributed by atoms with E-state index >= 15 is 0 Å². The molecular weight excluding hydrogens is 321 g/mol. The zero-order valence-electron chi connectivity index (χ0n) is 14.6. The van der Waals surface area contributed by atoms with Crippen molar-refractivity contribution in [3.8, 4) is 0 Å². The summed E-state index contributed by atoms with van der Waals surface area (Å²) in [7, 11) is 0. The van der Waals surface area contributed by atoms with Gasteiger partial charge in [-0.1, -0.05) is 0 Å². The molecule has 6 heteroatoms. The monoisotopic (exact) mass is 347 g/mol. The Morgan fingerprint density at radius 3 is 2.68 bits per heavy atom. The number of fused-ring (bicyclic) bond motifs is 1. The number of benzene rings is 1. The van der Waals surface area contributed by atoms with E-state index in [2.05, 4.69) is 4.90 Å². The van der Waals surface area contributed by atoms with Gasteiger partial charge in [0.05, 0.1) is 18.9 Å². The van der Waals surface area contributed by atoms with E-state index in [9.17, 15) is 9.18 Å². The van der Waals surface area contributed by atoms with Crippen LogP contribution in [-0.2, 0) is 4.74 Å². The van der Waals surface area contributed by atoms with E-state index < -0.39 is 0 Å². The summed E-state index contributed by atoms with van der Waals surface area (Å²) in [5.74, 6) is -0.355. The second kappa shape index (κ2) is 7.30. The Balaban J connectivity index is 1.48. The maximum atomic E-state index is 14.6. The van der Waals surface area contributed by atoms with E-state index in [0.717, 1.165) is 39.0 Å². The van der Waals surface area contributed by atoms with Crippen molar-refractivity contribution in [2.75, 3.05) is 57.4 Å². The van der Waals surface area contributed by atoms with Crippen molar-refractivity contribution in [3.05, 3.63) is 29.6 Å². The number of halogens is 1. The Morgan fingerprint density at radius 2 is 1.88 bits per heavy atom. The summed E-state index contributed by atoms with van der Waals surface area (Å²) < 4.78 is 19.9. The van der Waals surface area contributed by atoms with Gasteiger partial charge in [0.15, 0.2) is 0 Å². The lowest BCUT2D eigenvalue weighted by Crippen LogP contribution is -2.39. The molecule has 0 bridgehead atoms. The molecule has 0 saturated carbocycles. The van der Waals surface area contributed by atoms with Crippen molar-refractivity contribution in [2.24, 2.45) is 0 Å². The summed E-state index contributed by atoms with van der Waals surface area (Å²) in [4.78, 5) is 19.3. The summed E-state index contributed by atoms with van der Waals surface area (Å²) in [6, 6.07) is 5.40. The SMILES string of the molecule is O=C(c1ccc(N2CCOCC2)c(F)c1)N1CCCN2CCC[C@H]2C1. The molecule has 1 aromatic carbocycles. The Morgan fingerprint density at radius 1 is 1.08 bits per heavy atom. The summed E-state index contributed by atoms with van der Waals surface area (Å²) in [5, 5.41) is 0. The average Bonchev–Trinajstić information content (AvgIpc) is 2.98. The fourth-order valence-electron chi connectivity index (χ4n) is 4.27. The number of anilines is 1. The molecule has 3 aliphatic rings. The van der Waals surface area contributed by atoms with Crippen molar-refractivity contribution in [1.82, 2.24) is 9.80 Å². The van der Waals surface area contributed by atoms with Gasteiger partial charge in [-0.05, 0) is 44.0 Å². The number of nitrogens with zero attached hydrogens (tertiary/aromatic N) is 3. The normalized spacial score (nSPS) is 24.9. The van der Waals surface area contributed by atoms with Crippen molar-refractivity contribution in [2.45, 2.75) is 25.3 Å². The average molecular weight is 347 g/mol. The first-order valence-corrected chi connectivity index (χ1v) is 9.38. The van der Waals surface area contributed by atoms with Crippen molar-refractivity contribution in [1.29, 1.82) is 0 Å². The maximum Gasteiger partial charge on any atom is 0.254 e. The smallest absolute Gasteiger partial charge is 0.254 e. The lowest BCUT2D eigenvalue weighted by molar-refractivity contribution is 0.0743. The molecule has 0 N–H and O–H groups in total. The lowest BCUT2D eigenvalue weighted by Gasteiger charge is -2.29. The molecule has 1 aromatic rings. The third kappa shape index (κ3) is 3.51. The van der Waals surface area contributed by atoms with Crippen molar-refractivity contribution >= 4 is 11.6 Å². The lowest BCUT2D eigenvalue weighted by atomic mass is 10.1. The molecule has 3 saturated heterocycles. The van der Waals surface area contributed by atoms with Gasteiger partial charge in [0.1, 0.15) is 5.82 Å². The van der Waals surface area contributed by atoms with E-state index in [0.29, 0.717) is 43.6 Å². The first kappa shape index (κ1) is 16.8. The summed E-state index contributed by atoms with van der Waals surface area (Å²) in [6.45, 7) is 6.36. The van der Waals surface area contributed by atoms with E-state index in [4.69, 9.17) is 4.74 Å². The van der Waals surface area contributed by atoms with Gasteiger partial charge < -0.3 is 14.5 Å². The van der Waals surface area contributed by atoms with Crippen LogP contribution in [0.25, 0.3) is 0 Å². The second-order valence-electron chi connectivity index (χ2n) is 7.20. The summed E-state index contributed by atoms with van der Waals surface area (Å²) in [5.41, 5.74) is 1.03. The fourth-order valence-corrected chi connectivity index (χ4v) is 4.27. The highest BCUT2D eigenvalue weighted by Gasteiger charge is 2.31. The van der Waals surface area contributed by atoms with Crippen LogP contribution in [0, 0.1) is 5.82 Å². The fraction of sp³-hybridized carbons (Fsp3) is 0.632. The third-order valence-corrected chi connectivity index (χ3v) is 5.64. The van der Waals surface area contributed by atoms with Gasteiger partial charge in [0.25, 0.3) is 5.91 Å². The van der Waals surface area contributed by atoms with E-state index in [1.165, 1.54) is 12.5 Å². The van der Waals surface area contributed by atoms with E-state index in [1.54, 1.807) is 12.1 Å². The van der Waals surface area contributed by atoms with Crippen LogP contribution in [0.1, 0.15) is 29.6 Å². The van der Waals surface area contributed by atoms with Gasteiger partial charge >= 0.3 is 0 Å². The minimum atomic E-state index is -0.315. The molecule has 0 spiro atoms. The molecule has 136 valence electrons. The maximum absolute atomic E-state index is 14.6. The minimum absolute atomic E-state index is 0.0406. The van der Waals surface area contributed by atoms with Crippen LogP contribution in [0.4, 0.5) is 10.1 Å². The highest BCUT2D eigenvalue weighted by Crippen LogP contribution is 2.25.